The number of fused-ring (bicyclic) bond motifs is 1. The van der Waals surface area contributed by atoms with Gasteiger partial charge in [0.1, 0.15) is 11.6 Å². The summed E-state index contributed by atoms with van der Waals surface area (Å²) in [5.41, 5.74) is 2.40. The number of rotatable bonds is 1. The number of phenolic OH excluding ortho intramolecular Hbond substituents is 1. The molecule has 0 spiro atoms. The molecule has 5 heteroatoms. The summed E-state index contributed by atoms with van der Waals surface area (Å²) in [6.07, 6.45) is 0. The van der Waals surface area contributed by atoms with Crippen LogP contribution in [0.5, 0.6) is 5.75 Å². The van der Waals surface area contributed by atoms with E-state index in [-0.39, 0.29) is 5.75 Å². The molecule has 18 heavy (non-hydrogen) atoms. The first-order valence-corrected chi connectivity index (χ1v) is 6.03. The highest BCUT2D eigenvalue weighted by Gasteiger charge is 2.09. The number of aromatic hydroxyl groups is 1. The molecule has 3 aromatic rings. The van der Waals surface area contributed by atoms with Crippen LogP contribution in [0, 0.1) is 0 Å². The maximum absolute atomic E-state index is 9.33. The Bertz CT molecular complexity index is 737. The van der Waals surface area contributed by atoms with Gasteiger partial charge in [-0.2, -0.15) is 0 Å². The number of nitrogens with one attached hydrogen (secondary N) is 1. The number of hydrogen-bond acceptors (Lipinski definition) is 2. The van der Waals surface area contributed by atoms with E-state index >= 15 is 0 Å². The minimum absolute atomic E-state index is 0.128. The molecule has 0 atom stereocenters. The third kappa shape index (κ3) is 1.92. The van der Waals surface area contributed by atoms with Crippen molar-refractivity contribution in [2.24, 2.45) is 0 Å². The first kappa shape index (κ1) is 11.4. The van der Waals surface area contributed by atoms with Crippen molar-refractivity contribution in [2.75, 3.05) is 0 Å². The highest BCUT2D eigenvalue weighted by Crippen LogP contribution is 2.30. The average Bonchev–Trinajstić information content (AvgIpc) is 2.71. The van der Waals surface area contributed by atoms with Gasteiger partial charge in [-0.25, -0.2) is 4.98 Å². The van der Waals surface area contributed by atoms with E-state index in [0.29, 0.717) is 15.9 Å². The molecule has 0 amide bonds. The van der Waals surface area contributed by atoms with Gasteiger partial charge in [-0.05, 0) is 36.4 Å². The molecule has 1 heterocycles. The molecule has 0 saturated carbocycles. The van der Waals surface area contributed by atoms with Crippen molar-refractivity contribution in [2.45, 2.75) is 0 Å². The summed E-state index contributed by atoms with van der Waals surface area (Å²) < 4.78 is 0. The van der Waals surface area contributed by atoms with Crippen LogP contribution in [0.25, 0.3) is 22.4 Å². The Labute approximate surface area is 113 Å². The fourth-order valence-electron chi connectivity index (χ4n) is 1.81. The zero-order valence-electron chi connectivity index (χ0n) is 9.11. The molecule has 90 valence electrons. The van der Waals surface area contributed by atoms with E-state index in [1.165, 1.54) is 6.07 Å². The molecular weight excluding hydrogens is 271 g/mol. The normalized spacial score (nSPS) is 11.0. The standard InChI is InChI=1S/C13H8Cl2N2O/c14-7-1-4-11-12(5-7)17-13(16-11)9-3-2-8(18)6-10(9)15/h1-6,18H,(H,16,17). The number of H-pyrrole nitrogens is 1. The largest absolute Gasteiger partial charge is 0.508 e. The van der Waals surface area contributed by atoms with Gasteiger partial charge in [-0.15, -0.1) is 0 Å². The maximum Gasteiger partial charge on any atom is 0.140 e. The molecule has 0 radical (unpaired) electrons. The summed E-state index contributed by atoms with van der Waals surface area (Å²) in [6.45, 7) is 0. The van der Waals surface area contributed by atoms with Gasteiger partial charge in [-0.3, -0.25) is 0 Å². The number of nitrogens with zero attached hydrogens (tertiary/aromatic N) is 1. The van der Waals surface area contributed by atoms with Crippen molar-refractivity contribution >= 4 is 34.2 Å². The number of aromatic amines is 1. The summed E-state index contributed by atoms with van der Waals surface area (Å²) in [6, 6.07) is 10.2. The minimum Gasteiger partial charge on any atom is -0.508 e. The van der Waals surface area contributed by atoms with Crippen molar-refractivity contribution < 1.29 is 5.11 Å². The number of imidazole rings is 1. The second kappa shape index (κ2) is 4.19. The molecule has 2 aromatic carbocycles. The lowest BCUT2D eigenvalue weighted by Gasteiger charge is -2.00. The van der Waals surface area contributed by atoms with Crippen LogP contribution in [-0.4, -0.2) is 15.1 Å². The van der Waals surface area contributed by atoms with Gasteiger partial charge in [0.05, 0.1) is 16.1 Å². The topological polar surface area (TPSA) is 48.9 Å². The SMILES string of the molecule is Oc1ccc(-c2nc3ccc(Cl)cc3[nH]2)c(Cl)c1. The van der Waals surface area contributed by atoms with Gasteiger partial charge in [0.15, 0.2) is 0 Å². The Morgan fingerprint density at radius 2 is 1.89 bits per heavy atom. The molecular formula is C13H8Cl2N2O. The average molecular weight is 279 g/mol. The van der Waals surface area contributed by atoms with E-state index in [4.69, 9.17) is 23.2 Å². The Kier molecular flexibility index (Phi) is 2.65. The molecule has 0 saturated heterocycles. The predicted octanol–water partition coefficient (Wildman–Crippen LogP) is 4.24. The van der Waals surface area contributed by atoms with Crippen LogP contribution in [0.2, 0.25) is 10.0 Å². The number of halogens is 2. The van der Waals surface area contributed by atoms with Gasteiger partial charge in [0.2, 0.25) is 0 Å². The van der Waals surface area contributed by atoms with E-state index in [1.54, 1.807) is 18.2 Å². The van der Waals surface area contributed by atoms with Crippen LogP contribution in [-0.2, 0) is 0 Å². The molecule has 3 nitrogen and oxygen atoms in total. The smallest absolute Gasteiger partial charge is 0.140 e. The highest BCUT2D eigenvalue weighted by molar-refractivity contribution is 6.33. The summed E-state index contributed by atoms with van der Waals surface area (Å²) in [7, 11) is 0. The predicted molar refractivity (Wildman–Crippen MR) is 73.2 cm³/mol. The highest BCUT2D eigenvalue weighted by atomic mass is 35.5. The van der Waals surface area contributed by atoms with Crippen LogP contribution < -0.4 is 0 Å². The molecule has 0 aliphatic rings. The number of phenols is 1. The summed E-state index contributed by atoms with van der Waals surface area (Å²) in [5.74, 6) is 0.778. The third-order valence-electron chi connectivity index (χ3n) is 2.65. The number of benzene rings is 2. The minimum atomic E-state index is 0.128. The van der Waals surface area contributed by atoms with Crippen LogP contribution in [0.3, 0.4) is 0 Å². The maximum atomic E-state index is 9.33. The Morgan fingerprint density at radius 1 is 1.06 bits per heavy atom. The number of hydrogen-bond donors (Lipinski definition) is 2. The Balaban J connectivity index is 2.19. The van der Waals surface area contributed by atoms with Crippen LogP contribution >= 0.6 is 23.2 Å². The monoisotopic (exact) mass is 278 g/mol. The molecule has 0 aliphatic heterocycles. The molecule has 0 bridgehead atoms. The van der Waals surface area contributed by atoms with Gasteiger partial charge < -0.3 is 10.1 Å². The van der Waals surface area contributed by atoms with Crippen LogP contribution in [0.4, 0.5) is 0 Å². The van der Waals surface area contributed by atoms with Crippen molar-refractivity contribution in [1.29, 1.82) is 0 Å². The Morgan fingerprint density at radius 3 is 2.67 bits per heavy atom. The fraction of sp³-hybridized carbons (Fsp3) is 0. The van der Waals surface area contributed by atoms with Crippen molar-refractivity contribution in [3.63, 3.8) is 0 Å². The zero-order chi connectivity index (χ0) is 12.7. The molecule has 0 fully saturated rings. The van der Waals surface area contributed by atoms with Crippen LogP contribution in [0.15, 0.2) is 36.4 Å². The second-order valence-electron chi connectivity index (χ2n) is 3.91. The summed E-state index contributed by atoms with van der Waals surface area (Å²) in [4.78, 5) is 7.59. The second-order valence-corrected chi connectivity index (χ2v) is 4.75. The quantitative estimate of drug-likeness (QED) is 0.699. The van der Waals surface area contributed by atoms with Gasteiger partial charge in [0.25, 0.3) is 0 Å². The molecule has 0 aliphatic carbocycles. The first-order valence-electron chi connectivity index (χ1n) is 5.27. The molecule has 3 rings (SSSR count). The van der Waals surface area contributed by atoms with Crippen molar-refractivity contribution in [3.05, 3.63) is 46.4 Å². The van der Waals surface area contributed by atoms with Gasteiger partial charge in [-0.1, -0.05) is 23.2 Å². The van der Waals surface area contributed by atoms with E-state index in [0.717, 1.165) is 16.6 Å². The van der Waals surface area contributed by atoms with E-state index in [1.807, 2.05) is 12.1 Å². The van der Waals surface area contributed by atoms with Gasteiger partial charge >= 0.3 is 0 Å². The molecule has 1 aromatic heterocycles. The summed E-state index contributed by atoms with van der Waals surface area (Å²) in [5, 5.41) is 10.4. The lowest BCUT2D eigenvalue weighted by Crippen LogP contribution is -1.81. The van der Waals surface area contributed by atoms with Crippen molar-refractivity contribution in [1.82, 2.24) is 9.97 Å². The number of aromatic nitrogens is 2. The fourth-order valence-corrected chi connectivity index (χ4v) is 2.24. The van der Waals surface area contributed by atoms with E-state index in [2.05, 4.69) is 9.97 Å². The molecule has 2 N–H and O–H groups in total. The lowest BCUT2D eigenvalue weighted by atomic mass is 10.2. The third-order valence-corrected chi connectivity index (χ3v) is 3.20. The zero-order valence-corrected chi connectivity index (χ0v) is 10.6. The van der Waals surface area contributed by atoms with E-state index in [9.17, 15) is 5.11 Å². The lowest BCUT2D eigenvalue weighted by molar-refractivity contribution is 0.475. The van der Waals surface area contributed by atoms with Gasteiger partial charge in [0, 0.05) is 10.6 Å². The van der Waals surface area contributed by atoms with E-state index < -0.39 is 0 Å². The van der Waals surface area contributed by atoms with Crippen LogP contribution in [0.1, 0.15) is 0 Å². The summed E-state index contributed by atoms with van der Waals surface area (Å²) >= 11 is 12.0. The first-order chi connectivity index (χ1) is 8.63. The molecule has 0 unspecified atom stereocenters. The van der Waals surface area contributed by atoms with Crippen molar-refractivity contribution in [3.8, 4) is 17.1 Å². The Hall–Kier alpha value is -1.71.